The van der Waals surface area contributed by atoms with E-state index >= 15 is 0 Å². The van der Waals surface area contributed by atoms with Crippen LogP contribution in [-0.2, 0) is 17.9 Å². The van der Waals surface area contributed by atoms with Crippen molar-refractivity contribution in [1.29, 1.82) is 0 Å². The molecule has 0 aliphatic rings. The van der Waals surface area contributed by atoms with Gasteiger partial charge in [-0.05, 0) is 6.07 Å². The van der Waals surface area contributed by atoms with Crippen LogP contribution in [0.3, 0.4) is 0 Å². The van der Waals surface area contributed by atoms with Gasteiger partial charge in [0.1, 0.15) is 0 Å². The highest BCUT2D eigenvalue weighted by Crippen LogP contribution is 2.17. The van der Waals surface area contributed by atoms with E-state index in [2.05, 4.69) is 5.32 Å². The fraction of sp³-hybridized carbons (Fsp3) is 0.188. The molecule has 1 aromatic heterocycles. The monoisotopic (exact) mass is 336 g/mol. The molecular weight excluding hydrogens is 322 g/mol. The van der Waals surface area contributed by atoms with E-state index in [1.165, 1.54) is 19.1 Å². The van der Waals surface area contributed by atoms with E-state index in [-0.39, 0.29) is 35.7 Å². The molecule has 0 bridgehead atoms. The topological polar surface area (TPSA) is 88.4 Å². The number of nitrogens with zero attached hydrogens (tertiary/aromatic N) is 1. The minimum Gasteiger partial charge on any atom is -0.478 e. The lowest BCUT2D eigenvalue weighted by molar-refractivity contribution is -0.119. The van der Waals surface area contributed by atoms with Gasteiger partial charge in [-0.15, -0.1) is 0 Å². The van der Waals surface area contributed by atoms with Crippen molar-refractivity contribution in [3.63, 3.8) is 0 Å². The van der Waals surface area contributed by atoms with Gasteiger partial charge in [0.15, 0.2) is 11.6 Å². The van der Waals surface area contributed by atoms with Crippen LogP contribution in [0.25, 0.3) is 0 Å². The Kier molecular flexibility index (Phi) is 5.08. The molecule has 1 aromatic carbocycles. The maximum Gasteiger partial charge on any atom is 0.337 e. The Hall–Kier alpha value is -3.03. The van der Waals surface area contributed by atoms with E-state index in [9.17, 15) is 23.2 Å². The molecular formula is C16H14F2N2O4. The molecule has 0 unspecified atom stereocenters. The zero-order valence-corrected chi connectivity index (χ0v) is 12.7. The molecule has 2 rings (SSSR count). The summed E-state index contributed by atoms with van der Waals surface area (Å²) in [6, 6.07) is 4.77. The molecule has 2 aromatic rings. The molecule has 2 N–H and O–H groups in total. The van der Waals surface area contributed by atoms with Crippen LogP contribution in [0.5, 0.6) is 0 Å². The first kappa shape index (κ1) is 17.3. The molecule has 0 spiro atoms. The molecule has 6 nitrogen and oxygen atoms in total. The van der Waals surface area contributed by atoms with E-state index in [0.29, 0.717) is 0 Å². The maximum absolute atomic E-state index is 14.1. The first-order valence-corrected chi connectivity index (χ1v) is 6.93. The van der Waals surface area contributed by atoms with E-state index < -0.39 is 23.2 Å². The SMILES string of the molecule is CC(=O)NCc1ccc(Cn2cc(C(=O)O)ccc2=O)c(F)c1F. The van der Waals surface area contributed by atoms with Crippen LogP contribution in [0, 0.1) is 11.6 Å². The summed E-state index contributed by atoms with van der Waals surface area (Å²) in [5.74, 6) is -3.88. The summed E-state index contributed by atoms with van der Waals surface area (Å²) in [6.45, 7) is 0.778. The molecule has 0 fully saturated rings. The van der Waals surface area contributed by atoms with E-state index in [1.807, 2.05) is 0 Å². The van der Waals surface area contributed by atoms with Crippen LogP contribution < -0.4 is 10.9 Å². The maximum atomic E-state index is 14.1. The lowest BCUT2D eigenvalue weighted by Crippen LogP contribution is -2.22. The molecule has 0 aliphatic carbocycles. The van der Waals surface area contributed by atoms with Crippen LogP contribution in [0.4, 0.5) is 8.78 Å². The zero-order chi connectivity index (χ0) is 17.9. The second-order valence-corrected chi connectivity index (χ2v) is 5.11. The fourth-order valence-electron chi connectivity index (χ4n) is 2.07. The van der Waals surface area contributed by atoms with Crippen LogP contribution in [0.2, 0.25) is 0 Å². The third-order valence-electron chi connectivity index (χ3n) is 3.34. The smallest absolute Gasteiger partial charge is 0.337 e. The summed E-state index contributed by atoms with van der Waals surface area (Å²) >= 11 is 0. The van der Waals surface area contributed by atoms with E-state index in [0.717, 1.165) is 22.9 Å². The normalized spacial score (nSPS) is 10.5. The predicted molar refractivity (Wildman–Crippen MR) is 80.6 cm³/mol. The van der Waals surface area contributed by atoms with Gasteiger partial charge in [-0.2, -0.15) is 0 Å². The predicted octanol–water partition coefficient (Wildman–Crippen LogP) is 1.51. The molecule has 24 heavy (non-hydrogen) atoms. The van der Waals surface area contributed by atoms with E-state index in [1.54, 1.807) is 0 Å². The molecule has 0 atom stereocenters. The summed E-state index contributed by atoms with van der Waals surface area (Å²) < 4.78 is 29.1. The Labute approximate surface area is 135 Å². The Morgan fingerprint density at radius 2 is 1.75 bits per heavy atom. The van der Waals surface area contributed by atoms with Gasteiger partial charge in [0, 0.05) is 36.9 Å². The van der Waals surface area contributed by atoms with Crippen molar-refractivity contribution in [2.75, 3.05) is 0 Å². The largest absolute Gasteiger partial charge is 0.478 e. The second-order valence-electron chi connectivity index (χ2n) is 5.11. The van der Waals surface area contributed by atoms with Gasteiger partial charge in [-0.25, -0.2) is 13.6 Å². The van der Waals surface area contributed by atoms with Gasteiger partial charge >= 0.3 is 5.97 Å². The number of nitrogens with one attached hydrogen (secondary N) is 1. The molecule has 0 saturated heterocycles. The number of aromatic nitrogens is 1. The van der Waals surface area contributed by atoms with Gasteiger partial charge < -0.3 is 15.0 Å². The van der Waals surface area contributed by atoms with Crippen LogP contribution in [0.1, 0.15) is 28.4 Å². The first-order valence-electron chi connectivity index (χ1n) is 6.93. The Balaban J connectivity index is 2.32. The van der Waals surface area contributed by atoms with Crippen molar-refractivity contribution in [2.24, 2.45) is 0 Å². The number of rotatable bonds is 5. The average Bonchev–Trinajstić information content (AvgIpc) is 2.52. The Morgan fingerprint density at radius 3 is 2.38 bits per heavy atom. The van der Waals surface area contributed by atoms with Crippen molar-refractivity contribution in [3.8, 4) is 0 Å². The zero-order valence-electron chi connectivity index (χ0n) is 12.7. The highest BCUT2D eigenvalue weighted by molar-refractivity contribution is 5.87. The van der Waals surface area contributed by atoms with Crippen LogP contribution in [0.15, 0.2) is 35.3 Å². The number of carboxylic acids is 1. The van der Waals surface area contributed by atoms with Crippen LogP contribution >= 0.6 is 0 Å². The fourth-order valence-corrected chi connectivity index (χ4v) is 2.07. The number of halogens is 2. The number of pyridine rings is 1. The standard InChI is InChI=1S/C16H14F2N2O4/c1-9(21)19-6-10-2-3-11(15(18)14(10)17)7-20-8-12(16(23)24)4-5-13(20)22/h2-5,8H,6-7H2,1H3,(H,19,21)(H,23,24). The minimum absolute atomic E-state index is 0.0296. The number of amides is 1. The number of carbonyl (C=O) groups excluding carboxylic acids is 1. The molecule has 1 amide bonds. The third kappa shape index (κ3) is 3.83. The van der Waals surface area contributed by atoms with Gasteiger partial charge in [0.25, 0.3) is 5.56 Å². The van der Waals surface area contributed by atoms with E-state index in [4.69, 9.17) is 5.11 Å². The van der Waals surface area contributed by atoms with Gasteiger partial charge in [-0.3, -0.25) is 9.59 Å². The van der Waals surface area contributed by atoms with Crippen molar-refractivity contribution in [1.82, 2.24) is 9.88 Å². The Morgan fingerprint density at radius 1 is 1.12 bits per heavy atom. The quantitative estimate of drug-likeness (QED) is 0.866. The van der Waals surface area contributed by atoms with Crippen molar-refractivity contribution < 1.29 is 23.5 Å². The first-order chi connectivity index (χ1) is 11.3. The second kappa shape index (κ2) is 7.03. The Bertz CT molecular complexity index is 862. The highest BCUT2D eigenvalue weighted by atomic mass is 19.2. The van der Waals surface area contributed by atoms with Crippen LogP contribution in [-0.4, -0.2) is 21.6 Å². The molecule has 0 aliphatic heterocycles. The third-order valence-corrected chi connectivity index (χ3v) is 3.34. The molecule has 0 radical (unpaired) electrons. The summed E-state index contributed by atoms with van der Waals surface area (Å²) in [4.78, 5) is 33.5. The van der Waals surface area contributed by atoms with Gasteiger partial charge in [0.2, 0.25) is 5.91 Å². The summed E-state index contributed by atoms with van der Waals surface area (Å²) in [6.07, 6.45) is 1.06. The number of aromatic carboxylic acids is 1. The van der Waals surface area contributed by atoms with Crippen molar-refractivity contribution >= 4 is 11.9 Å². The lowest BCUT2D eigenvalue weighted by Gasteiger charge is -2.11. The van der Waals surface area contributed by atoms with Gasteiger partial charge in [0.05, 0.1) is 12.1 Å². The molecule has 8 heteroatoms. The lowest BCUT2D eigenvalue weighted by atomic mass is 10.1. The molecule has 126 valence electrons. The number of carbonyl (C=O) groups is 2. The number of benzene rings is 1. The number of hydrogen-bond acceptors (Lipinski definition) is 3. The van der Waals surface area contributed by atoms with Crippen molar-refractivity contribution in [2.45, 2.75) is 20.0 Å². The summed E-state index contributed by atoms with van der Waals surface area (Å²) in [7, 11) is 0. The summed E-state index contributed by atoms with van der Waals surface area (Å²) in [5, 5.41) is 11.3. The molecule has 1 heterocycles. The van der Waals surface area contributed by atoms with Gasteiger partial charge in [-0.1, -0.05) is 12.1 Å². The summed E-state index contributed by atoms with van der Waals surface area (Å²) in [5.41, 5.74) is -0.818. The number of hydrogen-bond donors (Lipinski definition) is 2. The van der Waals surface area contributed by atoms with Crippen molar-refractivity contribution in [3.05, 3.63) is 69.1 Å². The highest BCUT2D eigenvalue weighted by Gasteiger charge is 2.15. The molecule has 0 saturated carbocycles. The average molecular weight is 336 g/mol. The minimum atomic E-state index is -1.24. The number of carboxylic acid groups (broad SMARTS) is 1.